The molecular weight excluding hydrogens is 332 g/mol. The van der Waals surface area contributed by atoms with Crippen molar-refractivity contribution in [3.8, 4) is 11.3 Å². The molecule has 1 saturated heterocycles. The zero-order chi connectivity index (χ0) is 18.4. The van der Waals surface area contributed by atoms with Gasteiger partial charge in [0.05, 0.1) is 19.8 Å². The minimum absolute atomic E-state index is 0.118. The zero-order valence-corrected chi connectivity index (χ0v) is 15.4. The van der Waals surface area contributed by atoms with Gasteiger partial charge >= 0.3 is 0 Å². The molecule has 0 spiro atoms. The Bertz CT molecular complexity index is 698. The first-order valence-corrected chi connectivity index (χ1v) is 9.05. The Hall–Kier alpha value is -2.25. The van der Waals surface area contributed by atoms with Crippen molar-refractivity contribution in [2.45, 2.75) is 32.4 Å². The van der Waals surface area contributed by atoms with Crippen LogP contribution in [-0.4, -0.2) is 65.2 Å². The van der Waals surface area contributed by atoms with Crippen molar-refractivity contribution >= 4 is 5.91 Å². The Morgan fingerprint density at radius 1 is 1.31 bits per heavy atom. The molecule has 26 heavy (non-hydrogen) atoms. The molecular formula is C19H26N4O3. The summed E-state index contributed by atoms with van der Waals surface area (Å²) in [5.74, 6) is 0.792. The summed E-state index contributed by atoms with van der Waals surface area (Å²) in [6.07, 6.45) is 4.81. The van der Waals surface area contributed by atoms with Crippen LogP contribution in [0.5, 0.6) is 0 Å². The number of morpholine rings is 1. The largest absolute Gasteiger partial charge is 0.379 e. The van der Waals surface area contributed by atoms with Gasteiger partial charge in [-0.2, -0.15) is 0 Å². The van der Waals surface area contributed by atoms with E-state index in [1.807, 2.05) is 18.2 Å². The predicted octanol–water partition coefficient (Wildman–Crippen LogP) is 2.20. The highest BCUT2D eigenvalue weighted by Gasteiger charge is 2.19. The molecule has 0 radical (unpaired) electrons. The average molecular weight is 358 g/mol. The average Bonchev–Trinajstić information content (AvgIpc) is 3.15. The standard InChI is InChI=1S/C19H26N4O3/c1-15(23-9-11-25-12-10-23)3-4-19(24)22(2)14-17-13-18(21-26-17)16-5-7-20-8-6-16/h5-8,13,15H,3-4,9-12,14H2,1-2H3/t15-/m0/s1. The van der Waals surface area contributed by atoms with Gasteiger partial charge in [-0.15, -0.1) is 0 Å². The minimum Gasteiger partial charge on any atom is -0.379 e. The number of carbonyl (C=O) groups excluding carboxylic acids is 1. The van der Waals surface area contributed by atoms with Gasteiger partial charge in [0.15, 0.2) is 5.76 Å². The Morgan fingerprint density at radius 2 is 2.04 bits per heavy atom. The second-order valence-corrected chi connectivity index (χ2v) is 6.70. The van der Waals surface area contributed by atoms with Crippen LogP contribution in [0.25, 0.3) is 11.3 Å². The van der Waals surface area contributed by atoms with Gasteiger partial charge in [-0.3, -0.25) is 14.7 Å². The van der Waals surface area contributed by atoms with Gasteiger partial charge < -0.3 is 14.2 Å². The fourth-order valence-corrected chi connectivity index (χ4v) is 3.09. The first-order chi connectivity index (χ1) is 12.6. The molecule has 3 rings (SSSR count). The van der Waals surface area contributed by atoms with Crippen LogP contribution in [-0.2, 0) is 16.1 Å². The second kappa shape index (κ2) is 8.91. The maximum absolute atomic E-state index is 12.4. The van der Waals surface area contributed by atoms with Crippen molar-refractivity contribution in [1.29, 1.82) is 0 Å². The Morgan fingerprint density at radius 3 is 2.77 bits per heavy atom. The summed E-state index contributed by atoms with van der Waals surface area (Å²) in [5.41, 5.74) is 1.70. The number of hydrogen-bond acceptors (Lipinski definition) is 6. The van der Waals surface area contributed by atoms with Gasteiger partial charge in [-0.1, -0.05) is 5.16 Å². The number of pyridine rings is 1. The smallest absolute Gasteiger partial charge is 0.222 e. The van der Waals surface area contributed by atoms with Crippen LogP contribution in [0.15, 0.2) is 35.1 Å². The first kappa shape index (κ1) is 18.5. The van der Waals surface area contributed by atoms with E-state index >= 15 is 0 Å². The molecule has 2 aromatic heterocycles. The Balaban J connectivity index is 1.47. The molecule has 3 heterocycles. The summed E-state index contributed by atoms with van der Waals surface area (Å²) >= 11 is 0. The molecule has 0 saturated carbocycles. The van der Waals surface area contributed by atoms with Gasteiger partial charge in [0.1, 0.15) is 5.69 Å². The number of rotatable bonds is 7. The molecule has 1 aliphatic heterocycles. The van der Waals surface area contributed by atoms with E-state index in [1.54, 1.807) is 24.3 Å². The molecule has 1 amide bonds. The van der Waals surface area contributed by atoms with Crippen LogP contribution in [0.4, 0.5) is 0 Å². The molecule has 7 nitrogen and oxygen atoms in total. The van der Waals surface area contributed by atoms with E-state index in [2.05, 4.69) is 22.0 Å². The molecule has 1 fully saturated rings. The van der Waals surface area contributed by atoms with Gasteiger partial charge in [0, 0.05) is 56.6 Å². The number of hydrogen-bond donors (Lipinski definition) is 0. The van der Waals surface area contributed by atoms with Crippen molar-refractivity contribution in [3.63, 3.8) is 0 Å². The molecule has 1 aliphatic rings. The summed E-state index contributed by atoms with van der Waals surface area (Å²) < 4.78 is 10.8. The maximum Gasteiger partial charge on any atom is 0.222 e. The summed E-state index contributed by atoms with van der Waals surface area (Å²) in [5, 5.41) is 4.07. The number of amides is 1. The highest BCUT2D eigenvalue weighted by molar-refractivity contribution is 5.75. The van der Waals surface area contributed by atoms with E-state index in [-0.39, 0.29) is 5.91 Å². The third-order valence-electron chi connectivity index (χ3n) is 4.80. The van der Waals surface area contributed by atoms with E-state index in [0.717, 1.165) is 44.0 Å². The Labute approximate surface area is 153 Å². The molecule has 0 aromatic carbocycles. The summed E-state index contributed by atoms with van der Waals surface area (Å²) in [7, 11) is 1.80. The van der Waals surface area contributed by atoms with E-state index in [0.29, 0.717) is 24.8 Å². The van der Waals surface area contributed by atoms with Gasteiger partial charge in [-0.25, -0.2) is 0 Å². The van der Waals surface area contributed by atoms with Gasteiger partial charge in [0.2, 0.25) is 5.91 Å². The highest BCUT2D eigenvalue weighted by Crippen LogP contribution is 2.19. The van der Waals surface area contributed by atoms with Crippen molar-refractivity contribution in [2.75, 3.05) is 33.4 Å². The lowest BCUT2D eigenvalue weighted by atomic mass is 10.1. The normalized spacial score (nSPS) is 16.4. The van der Waals surface area contributed by atoms with Gasteiger partial charge in [-0.05, 0) is 25.5 Å². The summed E-state index contributed by atoms with van der Waals surface area (Å²) in [6.45, 7) is 6.05. The third kappa shape index (κ3) is 4.89. The summed E-state index contributed by atoms with van der Waals surface area (Å²) in [4.78, 5) is 20.5. The van der Waals surface area contributed by atoms with Crippen molar-refractivity contribution in [1.82, 2.24) is 19.9 Å². The number of carbonyl (C=O) groups is 1. The molecule has 140 valence electrons. The van der Waals surface area contributed by atoms with Crippen LogP contribution in [0.1, 0.15) is 25.5 Å². The Kier molecular flexibility index (Phi) is 6.35. The van der Waals surface area contributed by atoms with Gasteiger partial charge in [0.25, 0.3) is 0 Å². The summed E-state index contributed by atoms with van der Waals surface area (Å²) in [6, 6.07) is 6.02. The van der Waals surface area contributed by atoms with E-state index in [4.69, 9.17) is 9.26 Å². The molecule has 1 atom stereocenters. The number of nitrogens with zero attached hydrogens (tertiary/aromatic N) is 4. The van der Waals surface area contributed by atoms with E-state index in [9.17, 15) is 4.79 Å². The fraction of sp³-hybridized carbons (Fsp3) is 0.526. The SMILES string of the molecule is C[C@@H](CCC(=O)N(C)Cc1cc(-c2ccncc2)no1)N1CCOCC1. The molecule has 2 aromatic rings. The minimum atomic E-state index is 0.118. The highest BCUT2D eigenvalue weighted by atomic mass is 16.5. The van der Waals surface area contributed by atoms with Crippen LogP contribution in [0, 0.1) is 0 Å². The van der Waals surface area contributed by atoms with Crippen molar-refractivity contribution < 1.29 is 14.1 Å². The fourth-order valence-electron chi connectivity index (χ4n) is 3.09. The van der Waals surface area contributed by atoms with Crippen LogP contribution in [0.2, 0.25) is 0 Å². The third-order valence-corrected chi connectivity index (χ3v) is 4.80. The van der Waals surface area contributed by atoms with Crippen molar-refractivity contribution in [2.24, 2.45) is 0 Å². The maximum atomic E-state index is 12.4. The molecule has 0 bridgehead atoms. The lowest BCUT2D eigenvalue weighted by Gasteiger charge is -2.32. The number of aromatic nitrogens is 2. The molecule has 0 N–H and O–H groups in total. The monoisotopic (exact) mass is 358 g/mol. The van der Waals surface area contributed by atoms with Crippen LogP contribution < -0.4 is 0 Å². The quantitative estimate of drug-likeness (QED) is 0.756. The van der Waals surface area contributed by atoms with E-state index < -0.39 is 0 Å². The topological polar surface area (TPSA) is 71.7 Å². The molecule has 0 aliphatic carbocycles. The molecule has 7 heteroatoms. The van der Waals surface area contributed by atoms with Crippen LogP contribution in [0.3, 0.4) is 0 Å². The van der Waals surface area contributed by atoms with Crippen LogP contribution >= 0.6 is 0 Å². The lowest BCUT2D eigenvalue weighted by Crippen LogP contribution is -2.42. The zero-order valence-electron chi connectivity index (χ0n) is 15.4. The van der Waals surface area contributed by atoms with E-state index in [1.165, 1.54) is 0 Å². The number of ether oxygens (including phenoxy) is 1. The lowest BCUT2D eigenvalue weighted by molar-refractivity contribution is -0.131. The first-order valence-electron chi connectivity index (χ1n) is 9.05. The second-order valence-electron chi connectivity index (χ2n) is 6.70. The van der Waals surface area contributed by atoms with Crippen molar-refractivity contribution in [3.05, 3.63) is 36.4 Å². The molecule has 0 unspecified atom stereocenters. The predicted molar refractivity (Wildman–Crippen MR) is 97.3 cm³/mol.